The standard InChI is InChI=1S/2C22H21N.CH3.ClH.Pd/c2*1-16-17(2)23(16)22-20(18-10-5-3-6-11-18)14-9-15-21(22)19-12-7-4-8-13-19;;;/h2*3-17H,1-2H3;1H3;1H;/q;;-1;;+2/p-1. The molecule has 6 aromatic carbocycles. The van der Waals surface area contributed by atoms with Gasteiger partial charge in [-0.3, -0.25) is 0 Å². The van der Waals surface area contributed by atoms with Gasteiger partial charge in [-0.05, 0) is 49.9 Å². The minimum Gasteiger partial charge on any atom is -1.00 e. The monoisotopic (exact) mass is 754 g/mol. The van der Waals surface area contributed by atoms with E-state index in [0.717, 1.165) is 0 Å². The zero-order chi connectivity index (χ0) is 31.6. The third-order valence-corrected chi connectivity index (χ3v) is 9.90. The zero-order valence-electron chi connectivity index (χ0n) is 28.9. The van der Waals surface area contributed by atoms with Gasteiger partial charge in [0, 0.05) is 46.4 Å². The van der Waals surface area contributed by atoms with Gasteiger partial charge in [0.15, 0.2) is 0 Å². The fourth-order valence-corrected chi connectivity index (χ4v) is 6.87. The number of benzene rings is 6. The van der Waals surface area contributed by atoms with Crippen molar-refractivity contribution in [3.8, 4) is 44.5 Å². The third kappa shape index (κ3) is 7.71. The molecule has 2 heterocycles. The molecule has 6 aromatic rings. The minimum atomic E-state index is 0. The van der Waals surface area contributed by atoms with Crippen LogP contribution < -0.4 is 22.2 Å². The van der Waals surface area contributed by atoms with Crippen molar-refractivity contribution in [3.05, 3.63) is 165 Å². The van der Waals surface area contributed by atoms with Crippen molar-refractivity contribution >= 4 is 11.4 Å². The summed E-state index contributed by atoms with van der Waals surface area (Å²) < 4.78 is 0. The van der Waals surface area contributed by atoms with Crippen molar-refractivity contribution in [3.63, 3.8) is 0 Å². The summed E-state index contributed by atoms with van der Waals surface area (Å²) in [6.07, 6.45) is 0. The Morgan fingerprint density at radius 1 is 0.327 bits per heavy atom. The summed E-state index contributed by atoms with van der Waals surface area (Å²) in [5.41, 5.74) is 13.2. The van der Waals surface area contributed by atoms with Gasteiger partial charge in [-0.1, -0.05) is 158 Å². The fourth-order valence-electron chi connectivity index (χ4n) is 6.87. The molecular weight excluding hydrogens is 710 g/mol. The Labute approximate surface area is 313 Å². The molecule has 252 valence electrons. The van der Waals surface area contributed by atoms with Crippen LogP contribution in [0.1, 0.15) is 27.7 Å². The van der Waals surface area contributed by atoms with E-state index < -0.39 is 0 Å². The third-order valence-electron chi connectivity index (χ3n) is 9.90. The van der Waals surface area contributed by atoms with Gasteiger partial charge in [0.2, 0.25) is 0 Å². The van der Waals surface area contributed by atoms with E-state index in [4.69, 9.17) is 0 Å². The van der Waals surface area contributed by atoms with Crippen molar-refractivity contribution in [2.75, 3.05) is 9.80 Å². The van der Waals surface area contributed by atoms with E-state index in [-0.39, 0.29) is 40.3 Å². The molecule has 0 spiro atoms. The number of hydrogen-bond donors (Lipinski definition) is 0. The van der Waals surface area contributed by atoms with Crippen molar-refractivity contribution in [2.45, 2.75) is 51.9 Å². The summed E-state index contributed by atoms with van der Waals surface area (Å²) in [7, 11) is 0. The Morgan fingerprint density at radius 3 is 0.714 bits per heavy atom. The maximum atomic E-state index is 2.53. The van der Waals surface area contributed by atoms with Crippen molar-refractivity contribution in [2.24, 2.45) is 0 Å². The number of anilines is 2. The molecule has 0 N–H and O–H groups in total. The Balaban J connectivity index is 0.000000208. The van der Waals surface area contributed by atoms with Gasteiger partial charge in [-0.25, -0.2) is 0 Å². The molecule has 4 unspecified atom stereocenters. The van der Waals surface area contributed by atoms with Gasteiger partial charge in [0.05, 0.1) is 11.4 Å². The van der Waals surface area contributed by atoms with Gasteiger partial charge < -0.3 is 29.6 Å². The van der Waals surface area contributed by atoms with Crippen LogP contribution >= 0.6 is 0 Å². The number of para-hydroxylation sites is 2. The predicted molar refractivity (Wildman–Crippen MR) is 204 cm³/mol. The molecule has 0 aliphatic carbocycles. The first-order valence-corrected chi connectivity index (χ1v) is 16.6. The molecule has 2 aliphatic rings. The largest absolute Gasteiger partial charge is 2.00 e. The summed E-state index contributed by atoms with van der Waals surface area (Å²) in [6, 6.07) is 58.6. The molecule has 2 fully saturated rings. The predicted octanol–water partition coefficient (Wildman–Crippen LogP) is 8.69. The SMILES string of the molecule is CC1C(C)N1c1c(-c2ccccc2)cccc1-c1ccccc1.CC1C(C)N1c1c(-c2ccccc2)cccc1-c1ccccc1.[CH3-].[Cl-].[Pd+2]. The molecule has 0 saturated carbocycles. The van der Waals surface area contributed by atoms with E-state index in [2.05, 4.69) is 195 Å². The summed E-state index contributed by atoms with van der Waals surface area (Å²) >= 11 is 0. The molecule has 2 nitrogen and oxygen atoms in total. The van der Waals surface area contributed by atoms with Crippen LogP contribution in [0.3, 0.4) is 0 Å². The Hall–Kier alpha value is -4.13. The van der Waals surface area contributed by atoms with Gasteiger partial charge in [0.25, 0.3) is 0 Å². The van der Waals surface area contributed by atoms with Crippen molar-refractivity contribution in [1.29, 1.82) is 0 Å². The quantitative estimate of drug-likeness (QED) is 0.0954. The zero-order valence-corrected chi connectivity index (χ0v) is 31.2. The van der Waals surface area contributed by atoms with Gasteiger partial charge in [-0.2, -0.15) is 0 Å². The van der Waals surface area contributed by atoms with Crippen molar-refractivity contribution < 1.29 is 32.8 Å². The van der Waals surface area contributed by atoms with E-state index in [9.17, 15) is 0 Å². The summed E-state index contributed by atoms with van der Waals surface area (Å²) in [6.45, 7) is 9.23. The van der Waals surface area contributed by atoms with E-state index in [0.29, 0.717) is 24.2 Å². The molecule has 49 heavy (non-hydrogen) atoms. The van der Waals surface area contributed by atoms with Gasteiger partial charge in [-0.15, -0.1) is 0 Å². The molecule has 2 aliphatic heterocycles. The van der Waals surface area contributed by atoms with E-state index in [1.165, 1.54) is 55.9 Å². The first-order valence-electron chi connectivity index (χ1n) is 16.6. The average molecular weight is 756 g/mol. The van der Waals surface area contributed by atoms with Crippen molar-refractivity contribution in [1.82, 2.24) is 0 Å². The van der Waals surface area contributed by atoms with Crippen LogP contribution in [0.5, 0.6) is 0 Å². The van der Waals surface area contributed by atoms with Crippen LogP contribution in [-0.4, -0.2) is 24.2 Å². The fraction of sp³-hybridized carbons (Fsp3) is 0.178. The van der Waals surface area contributed by atoms with Crippen LogP contribution in [-0.2, 0) is 20.4 Å². The topological polar surface area (TPSA) is 6.02 Å². The van der Waals surface area contributed by atoms with Crippen LogP contribution in [0, 0.1) is 7.43 Å². The molecule has 0 aromatic heterocycles. The summed E-state index contributed by atoms with van der Waals surface area (Å²) in [5.74, 6) is 0. The second-order valence-electron chi connectivity index (χ2n) is 12.6. The first kappa shape index (κ1) is 37.7. The average Bonchev–Trinajstić information content (AvgIpc) is 3.95. The Bertz CT molecular complexity index is 1640. The van der Waals surface area contributed by atoms with E-state index in [1.807, 2.05) is 0 Å². The molecule has 4 heteroatoms. The Kier molecular flexibility index (Phi) is 12.7. The molecule has 2 saturated heterocycles. The Morgan fingerprint density at radius 2 is 0.531 bits per heavy atom. The molecule has 0 bridgehead atoms. The van der Waals surface area contributed by atoms with Crippen LogP contribution in [0.15, 0.2) is 158 Å². The number of nitrogens with zero attached hydrogens (tertiary/aromatic N) is 2. The van der Waals surface area contributed by atoms with Gasteiger partial charge >= 0.3 is 20.4 Å². The second kappa shape index (κ2) is 16.5. The molecule has 0 amide bonds. The maximum absolute atomic E-state index is 2.53. The number of halogens is 1. The minimum absolute atomic E-state index is 0. The molecule has 4 atom stereocenters. The molecular formula is C45H45ClN2Pd. The van der Waals surface area contributed by atoms with Crippen LogP contribution in [0.25, 0.3) is 44.5 Å². The number of hydrogen-bond acceptors (Lipinski definition) is 2. The first-order chi connectivity index (χ1) is 22.5. The second-order valence-corrected chi connectivity index (χ2v) is 12.6. The normalized spacial score (nSPS) is 18.4. The molecule has 0 radical (unpaired) electrons. The summed E-state index contributed by atoms with van der Waals surface area (Å²) in [5, 5.41) is 0. The summed E-state index contributed by atoms with van der Waals surface area (Å²) in [4.78, 5) is 5.06. The molecule has 8 rings (SSSR count). The van der Waals surface area contributed by atoms with Gasteiger partial charge in [0.1, 0.15) is 0 Å². The van der Waals surface area contributed by atoms with E-state index in [1.54, 1.807) is 0 Å². The number of rotatable bonds is 6. The smallest absolute Gasteiger partial charge is 1.00 e. The van der Waals surface area contributed by atoms with Crippen LogP contribution in [0.4, 0.5) is 11.4 Å². The maximum Gasteiger partial charge on any atom is 2.00 e. The van der Waals surface area contributed by atoms with Crippen LogP contribution in [0.2, 0.25) is 0 Å². The van der Waals surface area contributed by atoms with E-state index >= 15 is 0 Å².